The van der Waals surface area contributed by atoms with Crippen molar-refractivity contribution in [3.8, 4) is 22.8 Å². The Morgan fingerprint density at radius 2 is 1.79 bits per heavy atom. The van der Waals surface area contributed by atoms with Crippen LogP contribution in [0.4, 0.5) is 0 Å². The van der Waals surface area contributed by atoms with Crippen LogP contribution < -0.4 is 15.0 Å². The molecule has 2 heterocycles. The third kappa shape index (κ3) is 3.48. The minimum Gasteiger partial charge on any atom is -0.493 e. The molecule has 0 spiro atoms. The first-order valence-corrected chi connectivity index (χ1v) is 10.8. The van der Waals surface area contributed by atoms with Gasteiger partial charge in [0.05, 0.1) is 56.4 Å². The normalized spacial score (nSPS) is 13.1. The second-order valence-corrected chi connectivity index (χ2v) is 7.99. The Balaban J connectivity index is 1.64. The summed E-state index contributed by atoms with van der Waals surface area (Å²) in [6.07, 6.45) is 0.539. The molecule has 0 bridgehead atoms. The van der Waals surface area contributed by atoms with Gasteiger partial charge in [-0.25, -0.2) is 0 Å². The molecule has 2 aromatic carbocycles. The number of pyridine rings is 1. The van der Waals surface area contributed by atoms with Crippen LogP contribution in [0.3, 0.4) is 0 Å². The molecule has 1 aliphatic rings. The third-order valence-corrected chi connectivity index (χ3v) is 5.96. The van der Waals surface area contributed by atoms with Crippen LogP contribution in [0.25, 0.3) is 22.0 Å². The van der Waals surface area contributed by atoms with Crippen molar-refractivity contribution in [1.82, 2.24) is 4.57 Å². The Kier molecular flexibility index (Phi) is 5.69. The summed E-state index contributed by atoms with van der Waals surface area (Å²) >= 11 is 0. The van der Waals surface area contributed by atoms with Gasteiger partial charge < -0.3 is 28.3 Å². The zero-order valence-electron chi connectivity index (χ0n) is 18.7. The quantitative estimate of drug-likeness (QED) is 0.378. The number of aromatic nitrogens is 1. The SMILES string of the molecule is COc1ccc2c3c(n(CC(O)COCc4ccco4)c(=O)c2c1OC)-c1ccccc1C3=O. The molecule has 5 rings (SSSR count). The summed E-state index contributed by atoms with van der Waals surface area (Å²) in [6.45, 7) is 0.100. The maximum Gasteiger partial charge on any atom is 0.262 e. The lowest BCUT2D eigenvalue weighted by Gasteiger charge is -2.19. The predicted octanol–water partition coefficient (Wildman–Crippen LogP) is 3.40. The lowest BCUT2D eigenvalue weighted by molar-refractivity contribution is 0.0145. The van der Waals surface area contributed by atoms with Crippen LogP contribution in [0.1, 0.15) is 21.7 Å². The van der Waals surface area contributed by atoms with Gasteiger partial charge in [0.25, 0.3) is 5.56 Å². The first kappa shape index (κ1) is 21.9. The molecule has 2 aromatic heterocycles. The zero-order chi connectivity index (χ0) is 23.8. The zero-order valence-corrected chi connectivity index (χ0v) is 18.7. The molecule has 0 fully saturated rings. The summed E-state index contributed by atoms with van der Waals surface area (Å²) in [4.78, 5) is 27.2. The Morgan fingerprint density at radius 3 is 2.50 bits per heavy atom. The Labute approximate surface area is 194 Å². The first-order chi connectivity index (χ1) is 16.5. The molecule has 174 valence electrons. The maximum atomic E-state index is 13.8. The van der Waals surface area contributed by atoms with Gasteiger partial charge in [0.1, 0.15) is 12.4 Å². The number of furan rings is 1. The Morgan fingerprint density at radius 1 is 1.00 bits per heavy atom. The van der Waals surface area contributed by atoms with Gasteiger partial charge >= 0.3 is 0 Å². The first-order valence-electron chi connectivity index (χ1n) is 10.8. The number of fused-ring (bicyclic) bond motifs is 5. The molecule has 0 saturated heterocycles. The summed E-state index contributed by atoms with van der Waals surface area (Å²) in [5.41, 5.74) is 1.66. The standard InChI is InChI=1S/C26H23NO7/c1-31-20-10-9-19-21-23(17-7-3-4-8-18(17)24(21)29)27(26(30)22(19)25(20)32-2)12-15(28)13-33-14-16-6-5-11-34-16/h3-11,15,28H,12-14H2,1-2H3. The van der Waals surface area contributed by atoms with Crippen LogP contribution in [0, 0.1) is 0 Å². The number of aliphatic hydroxyl groups excluding tert-OH is 1. The highest BCUT2D eigenvalue weighted by Gasteiger charge is 2.34. The number of aliphatic hydroxyl groups is 1. The average molecular weight is 461 g/mol. The van der Waals surface area contributed by atoms with Crippen molar-refractivity contribution in [2.75, 3.05) is 20.8 Å². The largest absolute Gasteiger partial charge is 0.493 e. The van der Waals surface area contributed by atoms with E-state index in [1.54, 1.807) is 48.7 Å². The molecule has 1 atom stereocenters. The molecule has 0 radical (unpaired) electrons. The molecule has 8 heteroatoms. The van der Waals surface area contributed by atoms with Crippen LogP contribution >= 0.6 is 0 Å². The minimum absolute atomic E-state index is 0.0230. The van der Waals surface area contributed by atoms with Crippen molar-refractivity contribution in [1.29, 1.82) is 0 Å². The van der Waals surface area contributed by atoms with E-state index in [1.807, 2.05) is 6.07 Å². The lowest BCUT2D eigenvalue weighted by Crippen LogP contribution is -2.31. The lowest BCUT2D eigenvalue weighted by atomic mass is 10.0. The van der Waals surface area contributed by atoms with Gasteiger partial charge in [-0.1, -0.05) is 24.3 Å². The van der Waals surface area contributed by atoms with E-state index in [-0.39, 0.29) is 42.2 Å². The van der Waals surface area contributed by atoms with E-state index < -0.39 is 6.10 Å². The Hall–Kier alpha value is -3.88. The molecule has 0 amide bonds. The van der Waals surface area contributed by atoms with Crippen molar-refractivity contribution in [2.45, 2.75) is 19.3 Å². The number of hydrogen-bond donors (Lipinski definition) is 1. The molecule has 0 aliphatic heterocycles. The van der Waals surface area contributed by atoms with Crippen LogP contribution in [0.15, 0.2) is 64.0 Å². The van der Waals surface area contributed by atoms with E-state index in [0.29, 0.717) is 39.3 Å². The third-order valence-electron chi connectivity index (χ3n) is 5.96. The fourth-order valence-corrected chi connectivity index (χ4v) is 4.51. The number of methoxy groups -OCH3 is 2. The number of nitrogens with zero attached hydrogens (tertiary/aromatic N) is 1. The highest BCUT2D eigenvalue weighted by Crippen LogP contribution is 2.43. The van der Waals surface area contributed by atoms with Crippen molar-refractivity contribution in [3.05, 3.63) is 82.0 Å². The summed E-state index contributed by atoms with van der Waals surface area (Å²) in [7, 11) is 2.93. The molecule has 1 unspecified atom stereocenters. The smallest absolute Gasteiger partial charge is 0.262 e. The van der Waals surface area contributed by atoms with Gasteiger partial charge in [-0.3, -0.25) is 9.59 Å². The van der Waals surface area contributed by atoms with Crippen molar-refractivity contribution in [3.63, 3.8) is 0 Å². The van der Waals surface area contributed by atoms with Gasteiger partial charge in [-0.2, -0.15) is 0 Å². The Bertz CT molecular complexity index is 1440. The van der Waals surface area contributed by atoms with E-state index in [0.717, 1.165) is 0 Å². The monoisotopic (exact) mass is 461 g/mol. The molecule has 1 N–H and O–H groups in total. The molecule has 0 saturated carbocycles. The topological polar surface area (TPSA) is 100 Å². The van der Waals surface area contributed by atoms with Crippen LogP contribution in [0.5, 0.6) is 11.5 Å². The van der Waals surface area contributed by atoms with Crippen LogP contribution in [-0.2, 0) is 17.9 Å². The number of ether oxygens (including phenoxy) is 3. The second-order valence-electron chi connectivity index (χ2n) is 7.99. The second kappa shape index (κ2) is 8.81. The molecule has 34 heavy (non-hydrogen) atoms. The summed E-state index contributed by atoms with van der Waals surface area (Å²) in [5.74, 6) is 1.07. The van der Waals surface area contributed by atoms with Gasteiger partial charge in [0, 0.05) is 16.5 Å². The van der Waals surface area contributed by atoms with E-state index in [1.165, 1.54) is 18.8 Å². The predicted molar refractivity (Wildman–Crippen MR) is 125 cm³/mol. The number of hydrogen-bond acceptors (Lipinski definition) is 7. The van der Waals surface area contributed by atoms with Crippen molar-refractivity contribution in [2.24, 2.45) is 0 Å². The minimum atomic E-state index is -1.01. The number of carbonyl (C=O) groups excluding carboxylic acids is 1. The highest BCUT2D eigenvalue weighted by molar-refractivity contribution is 6.27. The van der Waals surface area contributed by atoms with Gasteiger partial charge in [0.15, 0.2) is 17.3 Å². The van der Waals surface area contributed by atoms with Gasteiger partial charge in [-0.05, 0) is 24.3 Å². The van der Waals surface area contributed by atoms with Crippen LogP contribution in [-0.4, -0.2) is 42.4 Å². The molecular weight excluding hydrogens is 438 g/mol. The number of carbonyl (C=O) groups is 1. The van der Waals surface area contributed by atoms with Gasteiger partial charge in [0.2, 0.25) is 0 Å². The van der Waals surface area contributed by atoms with Crippen molar-refractivity contribution >= 4 is 16.6 Å². The van der Waals surface area contributed by atoms with E-state index >= 15 is 0 Å². The molecule has 1 aliphatic carbocycles. The summed E-state index contributed by atoms with van der Waals surface area (Å²) < 4.78 is 23.1. The maximum absolute atomic E-state index is 13.8. The summed E-state index contributed by atoms with van der Waals surface area (Å²) in [6, 6.07) is 14.1. The van der Waals surface area contributed by atoms with E-state index in [9.17, 15) is 14.7 Å². The molecular formula is C26H23NO7. The summed E-state index contributed by atoms with van der Waals surface area (Å²) in [5, 5.41) is 11.5. The van der Waals surface area contributed by atoms with Gasteiger partial charge in [-0.15, -0.1) is 0 Å². The number of rotatable bonds is 8. The average Bonchev–Trinajstić information content (AvgIpc) is 3.47. The highest BCUT2D eigenvalue weighted by atomic mass is 16.5. The van der Waals surface area contributed by atoms with E-state index in [2.05, 4.69) is 0 Å². The molecule has 8 nitrogen and oxygen atoms in total. The van der Waals surface area contributed by atoms with Crippen LogP contribution in [0.2, 0.25) is 0 Å². The fourth-order valence-electron chi connectivity index (χ4n) is 4.51. The molecule has 4 aromatic rings. The number of benzene rings is 2. The van der Waals surface area contributed by atoms with E-state index in [4.69, 9.17) is 18.6 Å². The number of ketones is 1. The fraction of sp³-hybridized carbons (Fsp3) is 0.231. The van der Waals surface area contributed by atoms with Crippen molar-refractivity contribution < 1.29 is 28.5 Å².